The van der Waals surface area contributed by atoms with E-state index in [4.69, 9.17) is 4.74 Å². The van der Waals surface area contributed by atoms with Crippen molar-refractivity contribution in [2.24, 2.45) is 0 Å². The van der Waals surface area contributed by atoms with E-state index in [1.807, 2.05) is 49.4 Å². The molecule has 1 atom stereocenters. The molecule has 0 aromatic heterocycles. The number of fused-ring (bicyclic) bond motifs is 1. The number of hydrogen-bond donors (Lipinski definition) is 0. The van der Waals surface area contributed by atoms with Crippen LogP contribution < -0.4 is 0 Å². The highest BCUT2D eigenvalue weighted by atomic mass is 16.5. The molecule has 0 heterocycles. The van der Waals surface area contributed by atoms with Gasteiger partial charge >= 0.3 is 0 Å². The van der Waals surface area contributed by atoms with E-state index in [9.17, 15) is 4.79 Å². The van der Waals surface area contributed by atoms with Crippen molar-refractivity contribution >= 4 is 17.2 Å². The van der Waals surface area contributed by atoms with E-state index < -0.39 is 0 Å². The van der Waals surface area contributed by atoms with Gasteiger partial charge in [-0.25, -0.2) is 0 Å². The minimum Gasteiger partial charge on any atom is -0.460 e. The maximum Gasteiger partial charge on any atom is 0.293 e. The lowest BCUT2D eigenvalue weighted by atomic mass is 10.0. The van der Waals surface area contributed by atoms with Gasteiger partial charge in [0.05, 0.1) is 0 Å². The molecule has 0 radical (unpaired) electrons. The second kappa shape index (κ2) is 4.13. The highest BCUT2D eigenvalue weighted by molar-refractivity contribution is 5.86. The minimum atomic E-state index is -0.200. The molecule has 2 nitrogen and oxygen atoms in total. The van der Waals surface area contributed by atoms with Crippen LogP contribution in [-0.4, -0.2) is 6.47 Å². The van der Waals surface area contributed by atoms with Crippen LogP contribution >= 0.6 is 0 Å². The molecule has 2 aromatic carbocycles. The van der Waals surface area contributed by atoms with Crippen LogP contribution in [0.25, 0.3) is 10.8 Å². The van der Waals surface area contributed by atoms with Crippen LogP contribution in [0, 0.1) is 0 Å². The number of carbonyl (C=O) groups excluding carboxylic acids is 1. The summed E-state index contributed by atoms with van der Waals surface area (Å²) < 4.78 is 4.96. The molecule has 0 bridgehead atoms. The molecule has 0 amide bonds. The van der Waals surface area contributed by atoms with Crippen molar-refractivity contribution in [2.75, 3.05) is 0 Å². The predicted molar refractivity (Wildman–Crippen MR) is 59.5 cm³/mol. The molecule has 15 heavy (non-hydrogen) atoms. The van der Waals surface area contributed by atoms with Crippen molar-refractivity contribution < 1.29 is 9.53 Å². The summed E-state index contributed by atoms with van der Waals surface area (Å²) >= 11 is 0. The number of hydrogen-bond acceptors (Lipinski definition) is 2. The molecule has 0 N–H and O–H groups in total. The smallest absolute Gasteiger partial charge is 0.293 e. The van der Waals surface area contributed by atoms with Crippen LogP contribution in [0.3, 0.4) is 0 Å². The highest BCUT2D eigenvalue weighted by Gasteiger charge is 2.08. The highest BCUT2D eigenvalue weighted by Crippen LogP contribution is 2.25. The fraction of sp³-hybridized carbons (Fsp3) is 0.154. The van der Waals surface area contributed by atoms with E-state index in [0.717, 1.165) is 16.3 Å². The molecular formula is C13H12O2. The number of carbonyl (C=O) groups is 1. The lowest BCUT2D eigenvalue weighted by Crippen LogP contribution is -1.98. The van der Waals surface area contributed by atoms with E-state index in [1.165, 1.54) is 0 Å². The fourth-order valence-corrected chi connectivity index (χ4v) is 1.76. The van der Waals surface area contributed by atoms with Crippen LogP contribution in [-0.2, 0) is 9.53 Å². The van der Waals surface area contributed by atoms with E-state index in [0.29, 0.717) is 6.47 Å². The van der Waals surface area contributed by atoms with Gasteiger partial charge in [0.2, 0.25) is 0 Å². The second-order valence-electron chi connectivity index (χ2n) is 3.44. The van der Waals surface area contributed by atoms with Gasteiger partial charge in [-0.05, 0) is 23.3 Å². The van der Waals surface area contributed by atoms with Crippen LogP contribution in [0.5, 0.6) is 0 Å². The Kier molecular flexibility index (Phi) is 2.68. The average molecular weight is 200 g/mol. The number of rotatable bonds is 3. The number of benzene rings is 2. The molecule has 76 valence electrons. The zero-order valence-electron chi connectivity index (χ0n) is 8.51. The quantitative estimate of drug-likeness (QED) is 0.712. The second-order valence-corrected chi connectivity index (χ2v) is 3.44. The van der Waals surface area contributed by atoms with Gasteiger partial charge in [-0.1, -0.05) is 42.5 Å². The largest absolute Gasteiger partial charge is 0.460 e. The molecule has 1 unspecified atom stereocenters. The molecule has 0 aliphatic rings. The van der Waals surface area contributed by atoms with Crippen molar-refractivity contribution in [1.82, 2.24) is 0 Å². The monoisotopic (exact) mass is 200 g/mol. The molecule has 0 fully saturated rings. The molecule has 0 aliphatic carbocycles. The molecule has 2 aromatic rings. The summed E-state index contributed by atoms with van der Waals surface area (Å²) in [6.45, 7) is 2.36. The van der Waals surface area contributed by atoms with E-state index in [-0.39, 0.29) is 6.10 Å². The first kappa shape index (κ1) is 9.71. The van der Waals surface area contributed by atoms with Crippen molar-refractivity contribution in [1.29, 1.82) is 0 Å². The minimum absolute atomic E-state index is 0.200. The van der Waals surface area contributed by atoms with Gasteiger partial charge in [0.15, 0.2) is 0 Å². The van der Waals surface area contributed by atoms with Gasteiger partial charge in [-0.15, -0.1) is 0 Å². The first-order valence-electron chi connectivity index (χ1n) is 4.89. The summed E-state index contributed by atoms with van der Waals surface area (Å²) in [6, 6.07) is 14.1. The summed E-state index contributed by atoms with van der Waals surface area (Å²) in [4.78, 5) is 10.3. The van der Waals surface area contributed by atoms with E-state index in [2.05, 4.69) is 0 Å². The van der Waals surface area contributed by atoms with Crippen molar-refractivity contribution in [3.8, 4) is 0 Å². The van der Waals surface area contributed by atoms with Gasteiger partial charge in [0, 0.05) is 0 Å². The summed E-state index contributed by atoms with van der Waals surface area (Å²) in [5.41, 5.74) is 1.04. The Morgan fingerprint density at radius 3 is 2.67 bits per heavy atom. The first-order valence-corrected chi connectivity index (χ1v) is 4.89. The standard InChI is InChI=1S/C13H12O2/c1-10(15-9-14)12-8-4-6-11-5-2-3-7-13(11)12/h2-10H,1H3. The SMILES string of the molecule is CC(OC=O)c1cccc2ccccc12. The molecule has 0 saturated heterocycles. The maximum absolute atomic E-state index is 10.3. The normalized spacial score (nSPS) is 12.3. The molecule has 2 rings (SSSR count). The van der Waals surface area contributed by atoms with Crippen LogP contribution in [0.2, 0.25) is 0 Å². The number of ether oxygens (including phenoxy) is 1. The summed E-state index contributed by atoms with van der Waals surface area (Å²) in [7, 11) is 0. The zero-order chi connectivity index (χ0) is 10.7. The van der Waals surface area contributed by atoms with Crippen molar-refractivity contribution in [3.05, 3.63) is 48.0 Å². The Hall–Kier alpha value is -1.83. The van der Waals surface area contributed by atoms with Crippen LogP contribution in [0.15, 0.2) is 42.5 Å². The Bertz CT molecular complexity index is 471. The van der Waals surface area contributed by atoms with E-state index in [1.54, 1.807) is 0 Å². The Morgan fingerprint density at radius 2 is 1.87 bits per heavy atom. The average Bonchev–Trinajstić information content (AvgIpc) is 2.28. The molecule has 0 aliphatic heterocycles. The third-order valence-electron chi connectivity index (χ3n) is 2.52. The van der Waals surface area contributed by atoms with Gasteiger partial charge < -0.3 is 4.74 Å². The molecule has 0 spiro atoms. The fourth-order valence-electron chi connectivity index (χ4n) is 1.76. The van der Waals surface area contributed by atoms with Crippen molar-refractivity contribution in [2.45, 2.75) is 13.0 Å². The summed E-state index contributed by atoms with van der Waals surface area (Å²) in [5.74, 6) is 0. The van der Waals surface area contributed by atoms with Gasteiger partial charge in [-0.3, -0.25) is 4.79 Å². The maximum atomic E-state index is 10.3. The van der Waals surface area contributed by atoms with Crippen LogP contribution in [0.1, 0.15) is 18.6 Å². The van der Waals surface area contributed by atoms with Gasteiger partial charge in [-0.2, -0.15) is 0 Å². The third-order valence-corrected chi connectivity index (χ3v) is 2.52. The molecular weight excluding hydrogens is 188 g/mol. The molecule has 0 saturated carbocycles. The zero-order valence-corrected chi connectivity index (χ0v) is 8.51. The molecule has 2 heteroatoms. The third kappa shape index (κ3) is 1.84. The van der Waals surface area contributed by atoms with E-state index >= 15 is 0 Å². The Labute approximate surface area is 88.5 Å². The van der Waals surface area contributed by atoms with Crippen molar-refractivity contribution in [3.63, 3.8) is 0 Å². The predicted octanol–water partition coefficient (Wildman–Crippen LogP) is 3.07. The Morgan fingerprint density at radius 1 is 1.13 bits per heavy atom. The Balaban J connectivity index is 2.55. The van der Waals surface area contributed by atoms with Crippen LogP contribution in [0.4, 0.5) is 0 Å². The summed E-state index contributed by atoms with van der Waals surface area (Å²) in [5, 5.41) is 2.30. The summed E-state index contributed by atoms with van der Waals surface area (Å²) in [6.07, 6.45) is -0.200. The topological polar surface area (TPSA) is 26.3 Å². The van der Waals surface area contributed by atoms with Gasteiger partial charge in [0.25, 0.3) is 6.47 Å². The lowest BCUT2D eigenvalue weighted by Gasteiger charge is -2.12. The first-order chi connectivity index (χ1) is 7.33. The van der Waals surface area contributed by atoms with Gasteiger partial charge in [0.1, 0.15) is 6.10 Å². The lowest BCUT2D eigenvalue weighted by molar-refractivity contribution is -0.133.